The molecule has 4 amide bonds. The highest BCUT2D eigenvalue weighted by Gasteiger charge is 2.39. The summed E-state index contributed by atoms with van der Waals surface area (Å²) < 4.78 is 5.47. The Morgan fingerprint density at radius 1 is 0.909 bits per heavy atom. The number of likely N-dealkylation sites (tertiary alicyclic amines) is 3. The van der Waals surface area contributed by atoms with E-state index in [2.05, 4.69) is 15.5 Å². The number of amides is 4. The van der Waals surface area contributed by atoms with Crippen molar-refractivity contribution < 1.29 is 23.9 Å². The van der Waals surface area contributed by atoms with Crippen LogP contribution in [0.1, 0.15) is 62.7 Å². The van der Waals surface area contributed by atoms with Gasteiger partial charge in [-0.3, -0.25) is 24.1 Å². The monoisotopic (exact) mass is 623 g/mol. The zero-order valence-corrected chi connectivity index (χ0v) is 26.3. The molecule has 2 atom stereocenters. The summed E-state index contributed by atoms with van der Waals surface area (Å²) in [7, 11) is 0. The molecule has 3 aliphatic rings. The summed E-state index contributed by atoms with van der Waals surface area (Å²) in [5.74, 6) is 0.119. The number of anilines is 2. The van der Waals surface area contributed by atoms with Crippen molar-refractivity contribution in [3.63, 3.8) is 0 Å². The molecular weight excluding hydrogens is 582 g/mol. The van der Waals surface area contributed by atoms with Gasteiger partial charge >= 0.3 is 0 Å². The van der Waals surface area contributed by atoms with Gasteiger partial charge < -0.3 is 25.2 Å². The average Bonchev–Trinajstić information content (AvgIpc) is 3.76. The Balaban J connectivity index is 1.12. The minimum Gasteiger partial charge on any atom is -0.494 e. The maximum absolute atomic E-state index is 13.5. The van der Waals surface area contributed by atoms with Crippen molar-refractivity contribution in [2.24, 2.45) is 5.92 Å². The van der Waals surface area contributed by atoms with Crippen molar-refractivity contribution in [2.45, 2.75) is 64.5 Å². The van der Waals surface area contributed by atoms with Gasteiger partial charge in [0.15, 0.2) is 0 Å². The molecule has 3 fully saturated rings. The Morgan fingerprint density at radius 2 is 1.61 bits per heavy atom. The van der Waals surface area contributed by atoms with E-state index in [4.69, 9.17) is 16.3 Å². The topological polar surface area (TPSA) is 111 Å². The van der Waals surface area contributed by atoms with Gasteiger partial charge in [0, 0.05) is 36.8 Å². The molecule has 0 aliphatic carbocycles. The lowest BCUT2D eigenvalue weighted by atomic mass is 9.94. The van der Waals surface area contributed by atoms with Gasteiger partial charge in [-0.05, 0) is 108 Å². The van der Waals surface area contributed by atoms with E-state index in [1.165, 1.54) is 0 Å². The van der Waals surface area contributed by atoms with Crippen LogP contribution in [0.4, 0.5) is 11.4 Å². The van der Waals surface area contributed by atoms with Gasteiger partial charge in [0.05, 0.1) is 23.4 Å². The van der Waals surface area contributed by atoms with E-state index in [1.54, 1.807) is 35.2 Å². The molecule has 10 nitrogen and oxygen atoms in total. The number of carbonyl (C=O) groups is 4. The number of piperidine rings is 1. The molecule has 11 heteroatoms. The van der Waals surface area contributed by atoms with Crippen LogP contribution in [0.3, 0.4) is 0 Å². The molecule has 2 unspecified atom stereocenters. The lowest BCUT2D eigenvalue weighted by Gasteiger charge is -2.37. The van der Waals surface area contributed by atoms with Crippen LogP contribution < -0.4 is 15.4 Å². The molecule has 2 aromatic rings. The Bertz CT molecular complexity index is 1350. The van der Waals surface area contributed by atoms with Crippen molar-refractivity contribution in [1.29, 1.82) is 0 Å². The lowest BCUT2D eigenvalue weighted by Crippen LogP contribution is -2.50. The average molecular weight is 624 g/mol. The molecule has 0 aromatic heterocycles. The van der Waals surface area contributed by atoms with E-state index in [-0.39, 0.29) is 29.5 Å². The predicted octanol–water partition coefficient (Wildman–Crippen LogP) is 4.64. The summed E-state index contributed by atoms with van der Waals surface area (Å²) in [6.07, 6.45) is 4.65. The second-order valence-corrected chi connectivity index (χ2v) is 12.2. The number of benzene rings is 2. The molecule has 5 rings (SSSR count). The van der Waals surface area contributed by atoms with Crippen molar-refractivity contribution in [2.75, 3.05) is 50.0 Å². The third kappa shape index (κ3) is 7.35. The largest absolute Gasteiger partial charge is 0.494 e. The van der Waals surface area contributed by atoms with Crippen LogP contribution in [0.2, 0.25) is 5.02 Å². The van der Waals surface area contributed by atoms with Gasteiger partial charge in [-0.25, -0.2) is 0 Å². The van der Waals surface area contributed by atoms with Crippen LogP contribution in [0.5, 0.6) is 5.75 Å². The van der Waals surface area contributed by atoms with Gasteiger partial charge in [-0.15, -0.1) is 0 Å². The van der Waals surface area contributed by atoms with Gasteiger partial charge in [0.25, 0.3) is 5.91 Å². The number of hydrogen-bond donors (Lipinski definition) is 2. The van der Waals surface area contributed by atoms with Crippen molar-refractivity contribution in [1.82, 2.24) is 14.7 Å². The van der Waals surface area contributed by atoms with Crippen molar-refractivity contribution >= 4 is 46.6 Å². The number of hydrogen-bond acceptors (Lipinski definition) is 6. The minimum atomic E-state index is -0.491. The molecule has 0 radical (unpaired) electrons. The highest BCUT2D eigenvalue weighted by atomic mass is 35.5. The van der Waals surface area contributed by atoms with Crippen LogP contribution >= 0.6 is 11.6 Å². The second-order valence-electron chi connectivity index (χ2n) is 11.8. The normalized spacial score (nSPS) is 19.9. The zero-order chi connectivity index (χ0) is 31.2. The van der Waals surface area contributed by atoms with Crippen LogP contribution in [-0.4, -0.2) is 89.7 Å². The van der Waals surface area contributed by atoms with Gasteiger partial charge in [0.1, 0.15) is 11.8 Å². The fraction of sp³-hybridized carbons (Fsp3) is 0.515. The quantitative estimate of drug-likeness (QED) is 0.421. The number of nitrogens with zero attached hydrogens (tertiary/aromatic N) is 3. The van der Waals surface area contributed by atoms with Gasteiger partial charge in [-0.2, -0.15) is 0 Å². The van der Waals surface area contributed by atoms with E-state index in [9.17, 15) is 19.2 Å². The molecule has 3 saturated heterocycles. The zero-order valence-electron chi connectivity index (χ0n) is 25.5. The molecular formula is C33H42ClN5O5. The molecule has 3 aliphatic heterocycles. The van der Waals surface area contributed by atoms with E-state index in [0.717, 1.165) is 38.1 Å². The number of nitrogens with one attached hydrogen (secondary N) is 2. The number of halogens is 1. The van der Waals surface area contributed by atoms with Crippen molar-refractivity contribution in [3.05, 3.63) is 53.1 Å². The molecule has 236 valence electrons. The standard InChI is InChI=1S/C33H42ClN5O5/c1-3-44-26-11-9-25(10-12-26)35-31(41)29-7-6-18-39(29)33(43)23-14-19-37(20-15-23)22(2)30(40)36-28-21-24(8-13-27(28)34)32(42)38-16-4-5-17-38/h8-13,21-23,29H,3-7,14-20H2,1-2H3,(H,35,41)(H,36,40). The van der Waals surface area contributed by atoms with Gasteiger partial charge in [-0.1, -0.05) is 11.6 Å². The molecule has 0 bridgehead atoms. The first kappa shape index (κ1) is 31.8. The van der Waals surface area contributed by atoms with E-state index < -0.39 is 12.1 Å². The lowest BCUT2D eigenvalue weighted by molar-refractivity contribution is -0.141. The summed E-state index contributed by atoms with van der Waals surface area (Å²) in [4.78, 5) is 58.3. The van der Waals surface area contributed by atoms with Crippen molar-refractivity contribution in [3.8, 4) is 5.75 Å². The summed E-state index contributed by atoms with van der Waals surface area (Å²) >= 11 is 6.38. The summed E-state index contributed by atoms with van der Waals surface area (Å²) in [6.45, 7) is 7.56. The summed E-state index contributed by atoms with van der Waals surface area (Å²) in [5.41, 5.74) is 1.60. The van der Waals surface area contributed by atoms with Crippen LogP contribution in [0.25, 0.3) is 0 Å². The molecule has 3 heterocycles. The third-order valence-corrected chi connectivity index (χ3v) is 9.27. The SMILES string of the molecule is CCOc1ccc(NC(=O)C2CCCN2C(=O)C2CCN(C(C)C(=O)Nc3cc(C(=O)N4CCCC4)ccc3Cl)CC2)cc1. The second kappa shape index (κ2) is 14.4. The van der Waals surface area contributed by atoms with Crippen LogP contribution in [0.15, 0.2) is 42.5 Å². The number of carbonyl (C=O) groups excluding carboxylic acids is 4. The predicted molar refractivity (Wildman–Crippen MR) is 170 cm³/mol. The third-order valence-electron chi connectivity index (χ3n) is 8.94. The molecule has 2 aromatic carbocycles. The molecule has 2 N–H and O–H groups in total. The Labute approximate surface area is 264 Å². The highest BCUT2D eigenvalue weighted by molar-refractivity contribution is 6.34. The fourth-order valence-electron chi connectivity index (χ4n) is 6.36. The van der Waals surface area contributed by atoms with E-state index >= 15 is 0 Å². The molecule has 44 heavy (non-hydrogen) atoms. The number of ether oxygens (including phenoxy) is 1. The Kier molecular flexibility index (Phi) is 10.4. The first-order valence-corrected chi connectivity index (χ1v) is 16.1. The van der Waals surface area contributed by atoms with Gasteiger partial charge in [0.2, 0.25) is 17.7 Å². The number of rotatable bonds is 9. The summed E-state index contributed by atoms with van der Waals surface area (Å²) in [6, 6.07) is 11.3. The fourth-order valence-corrected chi connectivity index (χ4v) is 6.52. The Morgan fingerprint density at radius 3 is 2.30 bits per heavy atom. The maximum Gasteiger partial charge on any atom is 0.253 e. The van der Waals surface area contributed by atoms with E-state index in [1.807, 2.05) is 30.9 Å². The Hall–Kier alpha value is -3.63. The summed E-state index contributed by atoms with van der Waals surface area (Å²) in [5, 5.41) is 6.24. The highest BCUT2D eigenvalue weighted by Crippen LogP contribution is 2.29. The van der Waals surface area contributed by atoms with E-state index in [0.29, 0.717) is 67.5 Å². The first-order chi connectivity index (χ1) is 21.2. The van der Waals surface area contributed by atoms with Crippen LogP contribution in [0, 0.1) is 5.92 Å². The smallest absolute Gasteiger partial charge is 0.253 e. The maximum atomic E-state index is 13.5. The molecule has 0 spiro atoms. The van der Waals surface area contributed by atoms with Crippen LogP contribution in [-0.2, 0) is 14.4 Å². The molecule has 0 saturated carbocycles. The minimum absolute atomic E-state index is 0.0114. The first-order valence-electron chi connectivity index (χ1n) is 15.7.